The lowest BCUT2D eigenvalue weighted by Gasteiger charge is -2.17. The average Bonchev–Trinajstić information content (AvgIpc) is 3.39. The zero-order valence-electron chi connectivity index (χ0n) is 14.0. The van der Waals surface area contributed by atoms with Gasteiger partial charge in [0.2, 0.25) is 0 Å². The predicted octanol–water partition coefficient (Wildman–Crippen LogP) is 2.44. The topological polar surface area (TPSA) is 57.5 Å². The van der Waals surface area contributed by atoms with Crippen molar-refractivity contribution in [2.75, 3.05) is 13.7 Å². The molecule has 0 atom stereocenters. The average molecular weight is 327 g/mol. The Morgan fingerprint density at radius 1 is 1.25 bits per heavy atom. The van der Waals surface area contributed by atoms with Crippen LogP contribution in [0.2, 0.25) is 0 Å². The van der Waals surface area contributed by atoms with Gasteiger partial charge in [-0.1, -0.05) is 18.2 Å². The number of hydrogen-bond donors (Lipinski definition) is 0. The lowest BCUT2D eigenvalue weighted by Crippen LogP contribution is -2.27. The van der Waals surface area contributed by atoms with E-state index >= 15 is 0 Å². The molecule has 0 spiro atoms. The second kappa shape index (κ2) is 6.51. The van der Waals surface area contributed by atoms with Crippen LogP contribution < -0.4 is 10.3 Å². The Labute approximate surface area is 140 Å². The number of pyridine rings is 1. The first kappa shape index (κ1) is 16.3. The summed E-state index contributed by atoms with van der Waals surface area (Å²) < 4.78 is 12.3. The van der Waals surface area contributed by atoms with Gasteiger partial charge < -0.3 is 14.0 Å². The summed E-state index contributed by atoms with van der Waals surface area (Å²) in [4.78, 5) is 24.2. The standard InChI is InChI=1S/C19H21NO4/c1-14-6-7-15(13-16(14)23-2)19(8-9-19)18(22)24-12-11-20-10-4-3-5-17(20)21/h3-7,10,13H,8-9,11-12H2,1-2H3. The number of carbonyl (C=O) groups excluding carboxylic acids is 1. The molecule has 5 heteroatoms. The van der Waals surface area contributed by atoms with Crippen LogP contribution in [0.1, 0.15) is 24.0 Å². The molecule has 0 amide bonds. The van der Waals surface area contributed by atoms with Crippen molar-refractivity contribution in [3.63, 3.8) is 0 Å². The Morgan fingerprint density at radius 2 is 2.04 bits per heavy atom. The highest BCUT2D eigenvalue weighted by atomic mass is 16.5. The van der Waals surface area contributed by atoms with Crippen LogP contribution in [0.3, 0.4) is 0 Å². The molecule has 1 aliphatic rings. The van der Waals surface area contributed by atoms with Gasteiger partial charge in [-0.15, -0.1) is 0 Å². The summed E-state index contributed by atoms with van der Waals surface area (Å²) in [6, 6.07) is 10.8. The summed E-state index contributed by atoms with van der Waals surface area (Å²) in [5.41, 5.74) is 1.32. The highest BCUT2D eigenvalue weighted by molar-refractivity contribution is 5.86. The van der Waals surface area contributed by atoms with Gasteiger partial charge >= 0.3 is 5.97 Å². The van der Waals surface area contributed by atoms with Crippen molar-refractivity contribution in [2.24, 2.45) is 0 Å². The number of carbonyl (C=O) groups is 1. The highest BCUT2D eigenvalue weighted by Gasteiger charge is 2.53. The number of hydrogen-bond acceptors (Lipinski definition) is 4. The monoisotopic (exact) mass is 327 g/mol. The van der Waals surface area contributed by atoms with Gasteiger partial charge in [-0.05, 0) is 43.0 Å². The van der Waals surface area contributed by atoms with Crippen molar-refractivity contribution >= 4 is 5.97 Å². The van der Waals surface area contributed by atoms with E-state index in [1.54, 1.807) is 25.4 Å². The number of ether oxygens (including phenoxy) is 2. The number of esters is 1. The fourth-order valence-corrected chi connectivity index (χ4v) is 2.87. The summed E-state index contributed by atoms with van der Waals surface area (Å²) in [5.74, 6) is 0.555. The minimum absolute atomic E-state index is 0.0991. The molecule has 1 saturated carbocycles. The molecule has 0 N–H and O–H groups in total. The molecule has 0 saturated heterocycles. The fourth-order valence-electron chi connectivity index (χ4n) is 2.87. The summed E-state index contributed by atoms with van der Waals surface area (Å²) >= 11 is 0. The molecule has 1 heterocycles. The lowest BCUT2D eigenvalue weighted by atomic mass is 9.95. The number of methoxy groups -OCH3 is 1. The van der Waals surface area contributed by atoms with Gasteiger partial charge in [-0.25, -0.2) is 0 Å². The second-order valence-corrected chi connectivity index (χ2v) is 6.13. The van der Waals surface area contributed by atoms with Crippen LogP contribution in [0.5, 0.6) is 5.75 Å². The highest BCUT2D eigenvalue weighted by Crippen LogP contribution is 2.50. The van der Waals surface area contributed by atoms with Crippen LogP contribution in [-0.2, 0) is 21.5 Å². The fraction of sp³-hybridized carbons (Fsp3) is 0.368. The van der Waals surface area contributed by atoms with Gasteiger partial charge in [-0.3, -0.25) is 9.59 Å². The van der Waals surface area contributed by atoms with E-state index in [9.17, 15) is 9.59 Å². The van der Waals surface area contributed by atoms with Crippen molar-refractivity contribution < 1.29 is 14.3 Å². The Balaban J connectivity index is 1.66. The van der Waals surface area contributed by atoms with Crippen LogP contribution in [-0.4, -0.2) is 24.3 Å². The molecule has 0 unspecified atom stereocenters. The smallest absolute Gasteiger partial charge is 0.316 e. The number of benzene rings is 1. The molecule has 1 aliphatic carbocycles. The Hall–Kier alpha value is -2.56. The van der Waals surface area contributed by atoms with Gasteiger partial charge in [0.25, 0.3) is 5.56 Å². The van der Waals surface area contributed by atoms with Crippen LogP contribution >= 0.6 is 0 Å². The normalized spacial score (nSPS) is 14.9. The third-order valence-electron chi connectivity index (χ3n) is 4.57. The minimum atomic E-state index is -0.553. The van der Waals surface area contributed by atoms with E-state index in [4.69, 9.17) is 9.47 Å². The number of nitrogens with zero attached hydrogens (tertiary/aromatic N) is 1. The van der Waals surface area contributed by atoms with Crippen molar-refractivity contribution in [1.29, 1.82) is 0 Å². The van der Waals surface area contributed by atoms with E-state index < -0.39 is 5.41 Å². The molecule has 1 aromatic carbocycles. The summed E-state index contributed by atoms with van der Waals surface area (Å²) in [5, 5.41) is 0. The predicted molar refractivity (Wildman–Crippen MR) is 90.3 cm³/mol. The van der Waals surface area contributed by atoms with E-state index in [-0.39, 0.29) is 18.1 Å². The Bertz CT molecular complexity index is 805. The molecule has 0 bridgehead atoms. The van der Waals surface area contributed by atoms with Gasteiger partial charge in [-0.2, -0.15) is 0 Å². The molecule has 24 heavy (non-hydrogen) atoms. The first-order valence-corrected chi connectivity index (χ1v) is 8.05. The molecule has 1 aromatic heterocycles. The van der Waals surface area contributed by atoms with Crippen LogP contribution in [0.15, 0.2) is 47.4 Å². The van der Waals surface area contributed by atoms with E-state index in [1.807, 2.05) is 25.1 Å². The molecule has 1 fully saturated rings. The molecule has 0 aliphatic heterocycles. The minimum Gasteiger partial charge on any atom is -0.496 e. The van der Waals surface area contributed by atoms with Crippen LogP contribution in [0.25, 0.3) is 0 Å². The molecule has 3 rings (SSSR count). The molecule has 126 valence electrons. The molecular formula is C19H21NO4. The Morgan fingerprint density at radius 3 is 2.71 bits per heavy atom. The van der Waals surface area contributed by atoms with Crippen molar-refractivity contribution in [1.82, 2.24) is 4.57 Å². The maximum Gasteiger partial charge on any atom is 0.316 e. The quantitative estimate of drug-likeness (QED) is 0.765. The number of rotatable bonds is 6. The summed E-state index contributed by atoms with van der Waals surface area (Å²) in [7, 11) is 1.63. The molecule has 0 radical (unpaired) electrons. The summed E-state index contributed by atoms with van der Waals surface area (Å²) in [6.07, 6.45) is 3.25. The lowest BCUT2D eigenvalue weighted by molar-refractivity contribution is -0.147. The summed E-state index contributed by atoms with van der Waals surface area (Å²) in [6.45, 7) is 2.52. The second-order valence-electron chi connectivity index (χ2n) is 6.13. The van der Waals surface area contributed by atoms with Gasteiger partial charge in [0.15, 0.2) is 0 Å². The van der Waals surface area contributed by atoms with Crippen LogP contribution in [0.4, 0.5) is 0 Å². The maximum atomic E-state index is 12.5. The number of aromatic nitrogens is 1. The van der Waals surface area contributed by atoms with Crippen molar-refractivity contribution in [2.45, 2.75) is 31.7 Å². The zero-order valence-corrected chi connectivity index (χ0v) is 14.0. The van der Waals surface area contributed by atoms with E-state index in [0.717, 1.165) is 29.7 Å². The third kappa shape index (κ3) is 3.07. The third-order valence-corrected chi connectivity index (χ3v) is 4.57. The van der Waals surface area contributed by atoms with E-state index in [0.29, 0.717) is 6.54 Å². The van der Waals surface area contributed by atoms with E-state index in [1.165, 1.54) is 10.6 Å². The molecular weight excluding hydrogens is 306 g/mol. The molecule has 5 nitrogen and oxygen atoms in total. The maximum absolute atomic E-state index is 12.5. The van der Waals surface area contributed by atoms with Gasteiger partial charge in [0, 0.05) is 12.3 Å². The van der Waals surface area contributed by atoms with Gasteiger partial charge in [0.1, 0.15) is 12.4 Å². The first-order valence-electron chi connectivity index (χ1n) is 8.05. The zero-order chi connectivity index (χ0) is 17.2. The molecule has 2 aromatic rings. The van der Waals surface area contributed by atoms with E-state index in [2.05, 4.69) is 0 Å². The van der Waals surface area contributed by atoms with Crippen LogP contribution in [0, 0.1) is 6.92 Å². The van der Waals surface area contributed by atoms with Crippen molar-refractivity contribution in [3.05, 3.63) is 64.1 Å². The first-order chi connectivity index (χ1) is 11.6. The SMILES string of the molecule is COc1cc(C2(C(=O)OCCn3ccccc3=O)CC2)ccc1C. The largest absolute Gasteiger partial charge is 0.496 e. The number of aryl methyl sites for hydroxylation is 1. The van der Waals surface area contributed by atoms with Crippen molar-refractivity contribution in [3.8, 4) is 5.75 Å². The van der Waals surface area contributed by atoms with Gasteiger partial charge in [0.05, 0.1) is 19.1 Å². The Kier molecular flexibility index (Phi) is 4.42.